The van der Waals surface area contributed by atoms with Crippen molar-refractivity contribution < 1.29 is 17.6 Å². The van der Waals surface area contributed by atoms with Crippen molar-refractivity contribution in [3.8, 4) is 11.1 Å². The normalized spacial score (nSPS) is 11.6. The van der Waals surface area contributed by atoms with Crippen molar-refractivity contribution in [3.63, 3.8) is 0 Å². The van der Waals surface area contributed by atoms with Gasteiger partial charge in [-0.2, -0.15) is 13.2 Å². The van der Waals surface area contributed by atoms with Crippen LogP contribution in [0, 0.1) is 5.82 Å². The van der Waals surface area contributed by atoms with Crippen LogP contribution in [0.3, 0.4) is 0 Å². The van der Waals surface area contributed by atoms with E-state index in [-0.39, 0.29) is 17.7 Å². The lowest BCUT2D eigenvalue weighted by Gasteiger charge is -2.13. The molecule has 19 heavy (non-hydrogen) atoms. The van der Waals surface area contributed by atoms with Gasteiger partial charge in [0.1, 0.15) is 5.82 Å². The Balaban J connectivity index is 2.55. The molecule has 0 amide bonds. The van der Waals surface area contributed by atoms with Crippen LogP contribution in [0.2, 0.25) is 0 Å². The van der Waals surface area contributed by atoms with E-state index in [0.717, 1.165) is 6.07 Å². The van der Waals surface area contributed by atoms with Crippen LogP contribution in [0.25, 0.3) is 11.1 Å². The Morgan fingerprint density at radius 1 is 1.00 bits per heavy atom. The number of hydrogen-bond acceptors (Lipinski definition) is 1. The third kappa shape index (κ3) is 2.76. The third-order valence-electron chi connectivity index (χ3n) is 2.82. The molecule has 0 fully saturated rings. The summed E-state index contributed by atoms with van der Waals surface area (Å²) in [5, 5.41) is 0. The molecule has 0 bridgehead atoms. The Morgan fingerprint density at radius 3 is 2.26 bits per heavy atom. The minimum Gasteiger partial charge on any atom is -0.326 e. The molecule has 1 nitrogen and oxygen atoms in total. The van der Waals surface area contributed by atoms with Crippen LogP contribution in [0.4, 0.5) is 17.6 Å². The summed E-state index contributed by atoms with van der Waals surface area (Å²) in [6.07, 6.45) is -4.46. The Kier molecular flexibility index (Phi) is 3.57. The van der Waals surface area contributed by atoms with E-state index < -0.39 is 17.6 Å². The molecule has 5 heteroatoms. The molecule has 0 aliphatic rings. The zero-order valence-electron chi connectivity index (χ0n) is 9.84. The summed E-state index contributed by atoms with van der Waals surface area (Å²) in [7, 11) is 0. The fourth-order valence-electron chi connectivity index (χ4n) is 1.90. The average Bonchev–Trinajstić information content (AvgIpc) is 2.37. The summed E-state index contributed by atoms with van der Waals surface area (Å²) in [6, 6.07) is 9.38. The van der Waals surface area contributed by atoms with Crippen LogP contribution in [0.5, 0.6) is 0 Å². The van der Waals surface area contributed by atoms with Gasteiger partial charge in [-0.1, -0.05) is 24.3 Å². The summed E-state index contributed by atoms with van der Waals surface area (Å²) in [5.74, 6) is -0.481. The molecule has 2 aromatic carbocycles. The van der Waals surface area contributed by atoms with Crippen molar-refractivity contribution in [2.75, 3.05) is 0 Å². The van der Waals surface area contributed by atoms with Gasteiger partial charge >= 0.3 is 6.18 Å². The van der Waals surface area contributed by atoms with Crippen molar-refractivity contribution in [1.29, 1.82) is 0 Å². The van der Waals surface area contributed by atoms with Gasteiger partial charge in [0.15, 0.2) is 0 Å². The molecule has 0 spiro atoms. The summed E-state index contributed by atoms with van der Waals surface area (Å²) in [4.78, 5) is 0. The van der Waals surface area contributed by atoms with E-state index >= 15 is 0 Å². The lowest BCUT2D eigenvalue weighted by atomic mass is 9.98. The molecular formula is C14H11F4N. The van der Waals surface area contributed by atoms with Crippen LogP contribution in [-0.4, -0.2) is 0 Å². The van der Waals surface area contributed by atoms with Crippen molar-refractivity contribution in [2.24, 2.45) is 5.73 Å². The van der Waals surface area contributed by atoms with Gasteiger partial charge in [0.2, 0.25) is 0 Å². The smallest absolute Gasteiger partial charge is 0.326 e. The van der Waals surface area contributed by atoms with Gasteiger partial charge in [0.05, 0.1) is 5.56 Å². The Hall–Kier alpha value is -1.88. The quantitative estimate of drug-likeness (QED) is 0.820. The molecule has 0 saturated carbocycles. The maximum Gasteiger partial charge on any atom is 0.416 e. The zero-order chi connectivity index (χ0) is 14.0. The zero-order valence-corrected chi connectivity index (χ0v) is 9.84. The van der Waals surface area contributed by atoms with Crippen LogP contribution < -0.4 is 5.73 Å². The largest absolute Gasteiger partial charge is 0.416 e. The van der Waals surface area contributed by atoms with Crippen molar-refractivity contribution in [1.82, 2.24) is 0 Å². The van der Waals surface area contributed by atoms with Gasteiger partial charge in [0.25, 0.3) is 0 Å². The Bertz CT molecular complexity index is 590. The molecule has 0 aliphatic heterocycles. The van der Waals surface area contributed by atoms with Gasteiger partial charge in [-0.3, -0.25) is 0 Å². The first-order chi connectivity index (χ1) is 8.93. The number of nitrogens with two attached hydrogens (primary N) is 1. The van der Waals surface area contributed by atoms with E-state index in [2.05, 4.69) is 0 Å². The Labute approximate surface area is 107 Å². The van der Waals surface area contributed by atoms with Crippen LogP contribution in [0.15, 0.2) is 42.5 Å². The van der Waals surface area contributed by atoms with Crippen LogP contribution in [-0.2, 0) is 12.7 Å². The van der Waals surface area contributed by atoms with Gasteiger partial charge in [-0.15, -0.1) is 0 Å². The van der Waals surface area contributed by atoms with E-state index in [9.17, 15) is 17.6 Å². The first-order valence-electron chi connectivity index (χ1n) is 5.58. The molecule has 2 rings (SSSR count). The van der Waals surface area contributed by atoms with Crippen LogP contribution >= 0.6 is 0 Å². The lowest BCUT2D eigenvalue weighted by molar-refractivity contribution is -0.138. The maximum atomic E-state index is 13.6. The highest BCUT2D eigenvalue weighted by atomic mass is 19.4. The average molecular weight is 269 g/mol. The number of rotatable bonds is 2. The molecule has 100 valence electrons. The van der Waals surface area contributed by atoms with E-state index in [1.807, 2.05) is 0 Å². The Morgan fingerprint density at radius 2 is 1.68 bits per heavy atom. The monoisotopic (exact) mass is 269 g/mol. The standard InChI is InChI=1S/C14H11F4N/c15-13-4-2-1-3-11(13)9-5-6-12(14(16,17)18)10(7-9)8-19/h1-7H,8,19H2. The lowest BCUT2D eigenvalue weighted by Crippen LogP contribution is -2.12. The van der Waals surface area contributed by atoms with E-state index in [4.69, 9.17) is 5.73 Å². The molecule has 0 saturated heterocycles. The fourth-order valence-corrected chi connectivity index (χ4v) is 1.90. The third-order valence-corrected chi connectivity index (χ3v) is 2.82. The molecule has 0 aromatic heterocycles. The number of halogens is 4. The SMILES string of the molecule is NCc1cc(-c2ccccc2F)ccc1C(F)(F)F. The molecule has 0 radical (unpaired) electrons. The highest BCUT2D eigenvalue weighted by molar-refractivity contribution is 5.65. The number of hydrogen-bond donors (Lipinski definition) is 1. The minimum atomic E-state index is -4.46. The second-order valence-corrected chi connectivity index (χ2v) is 4.05. The number of benzene rings is 2. The molecule has 0 unspecified atom stereocenters. The molecule has 2 aromatic rings. The minimum absolute atomic E-state index is 0.0479. The highest BCUT2D eigenvalue weighted by Crippen LogP contribution is 2.34. The summed E-state index contributed by atoms with van der Waals surface area (Å²) in [5.41, 5.74) is 5.14. The van der Waals surface area contributed by atoms with Crippen LogP contribution in [0.1, 0.15) is 11.1 Å². The van der Waals surface area contributed by atoms with Crippen molar-refractivity contribution >= 4 is 0 Å². The van der Waals surface area contributed by atoms with Gasteiger partial charge in [-0.25, -0.2) is 4.39 Å². The summed E-state index contributed by atoms with van der Waals surface area (Å²) < 4.78 is 51.7. The van der Waals surface area contributed by atoms with Crippen molar-refractivity contribution in [2.45, 2.75) is 12.7 Å². The summed E-state index contributed by atoms with van der Waals surface area (Å²) >= 11 is 0. The summed E-state index contributed by atoms with van der Waals surface area (Å²) in [6.45, 7) is -0.253. The first kappa shape index (κ1) is 13.5. The molecular weight excluding hydrogens is 258 g/mol. The molecule has 0 heterocycles. The second kappa shape index (κ2) is 5.01. The van der Waals surface area contributed by atoms with Gasteiger partial charge in [0, 0.05) is 12.1 Å². The predicted octanol–water partition coefficient (Wildman–Crippen LogP) is 3.97. The highest BCUT2D eigenvalue weighted by Gasteiger charge is 2.32. The fraction of sp³-hybridized carbons (Fsp3) is 0.143. The molecule has 2 N–H and O–H groups in total. The van der Waals surface area contributed by atoms with Gasteiger partial charge in [-0.05, 0) is 29.3 Å². The van der Waals surface area contributed by atoms with E-state index in [1.54, 1.807) is 6.07 Å². The van der Waals surface area contributed by atoms with Crippen molar-refractivity contribution in [3.05, 3.63) is 59.4 Å². The molecule has 0 atom stereocenters. The first-order valence-corrected chi connectivity index (χ1v) is 5.58. The van der Waals surface area contributed by atoms with E-state index in [1.165, 1.54) is 30.3 Å². The van der Waals surface area contributed by atoms with E-state index in [0.29, 0.717) is 5.56 Å². The number of alkyl halides is 3. The maximum absolute atomic E-state index is 13.6. The van der Waals surface area contributed by atoms with Gasteiger partial charge < -0.3 is 5.73 Å². The second-order valence-electron chi connectivity index (χ2n) is 4.05. The predicted molar refractivity (Wildman–Crippen MR) is 64.7 cm³/mol. The topological polar surface area (TPSA) is 26.0 Å². The molecule has 0 aliphatic carbocycles.